The van der Waals surface area contributed by atoms with E-state index in [1.54, 1.807) is 18.2 Å². The van der Waals surface area contributed by atoms with E-state index >= 15 is 0 Å². The summed E-state index contributed by atoms with van der Waals surface area (Å²) in [5.41, 5.74) is -0.277. The molecule has 2 aromatic carbocycles. The standard InChI is InChI=1S/C23H24F3N3O3/c24-23(25,26)15-5-1-4-14(10-15)17-6-2-7-18-21(17)22(32)29(13-28-18)12-16(30)11-19-20(31)8-3-9-27-19/h1-2,4-7,10,13,16,19-20,27,30-31H,3,8-9,11-12H2/t16?,19-,20+/m1/s1. The lowest BCUT2D eigenvalue weighted by molar-refractivity contribution is -0.137. The molecule has 1 fully saturated rings. The number of aliphatic hydroxyl groups excluding tert-OH is 2. The number of nitrogens with zero attached hydrogens (tertiary/aromatic N) is 2. The molecule has 0 radical (unpaired) electrons. The lowest BCUT2D eigenvalue weighted by Gasteiger charge is -2.30. The smallest absolute Gasteiger partial charge is 0.392 e. The molecule has 3 atom stereocenters. The topological polar surface area (TPSA) is 87.4 Å². The van der Waals surface area contributed by atoms with Gasteiger partial charge < -0.3 is 15.5 Å². The molecule has 0 amide bonds. The van der Waals surface area contributed by atoms with E-state index in [2.05, 4.69) is 10.3 Å². The fraction of sp³-hybridized carbons (Fsp3) is 0.391. The van der Waals surface area contributed by atoms with E-state index in [4.69, 9.17) is 0 Å². The quantitative estimate of drug-likeness (QED) is 0.560. The van der Waals surface area contributed by atoms with Gasteiger partial charge in [0.05, 0.1) is 41.5 Å². The van der Waals surface area contributed by atoms with Crippen LogP contribution in [0.25, 0.3) is 22.0 Å². The Labute approximate surface area is 182 Å². The molecular weight excluding hydrogens is 423 g/mol. The van der Waals surface area contributed by atoms with Crippen molar-refractivity contribution in [2.24, 2.45) is 0 Å². The van der Waals surface area contributed by atoms with Crippen molar-refractivity contribution in [1.29, 1.82) is 0 Å². The summed E-state index contributed by atoms with van der Waals surface area (Å²) in [4.78, 5) is 17.5. The molecule has 0 spiro atoms. The van der Waals surface area contributed by atoms with Gasteiger partial charge in [-0.05, 0) is 55.1 Å². The normalized spacial score (nSPS) is 20.4. The highest BCUT2D eigenvalue weighted by atomic mass is 19.4. The van der Waals surface area contributed by atoms with Crippen molar-refractivity contribution in [3.05, 3.63) is 64.7 Å². The first-order valence-corrected chi connectivity index (χ1v) is 10.5. The van der Waals surface area contributed by atoms with Gasteiger partial charge >= 0.3 is 6.18 Å². The van der Waals surface area contributed by atoms with Crippen LogP contribution in [0, 0.1) is 0 Å². The van der Waals surface area contributed by atoms with E-state index in [-0.39, 0.29) is 30.0 Å². The van der Waals surface area contributed by atoms with Gasteiger partial charge in [0, 0.05) is 6.04 Å². The molecule has 0 bridgehead atoms. The van der Waals surface area contributed by atoms with E-state index in [0.717, 1.165) is 25.1 Å². The molecule has 1 saturated heterocycles. The lowest BCUT2D eigenvalue weighted by atomic mass is 9.96. The minimum atomic E-state index is -4.50. The summed E-state index contributed by atoms with van der Waals surface area (Å²) in [6, 6.07) is 9.40. The van der Waals surface area contributed by atoms with Gasteiger partial charge in [0.1, 0.15) is 0 Å². The second-order valence-corrected chi connectivity index (χ2v) is 8.14. The predicted molar refractivity (Wildman–Crippen MR) is 114 cm³/mol. The van der Waals surface area contributed by atoms with Gasteiger partial charge in [-0.2, -0.15) is 13.2 Å². The van der Waals surface area contributed by atoms with Gasteiger partial charge in [0.15, 0.2) is 0 Å². The summed E-state index contributed by atoms with van der Waals surface area (Å²) in [6.07, 6.45) is -2.85. The average molecular weight is 447 g/mol. The van der Waals surface area contributed by atoms with Gasteiger partial charge in [-0.15, -0.1) is 0 Å². The molecule has 1 aromatic heterocycles. The molecule has 2 heterocycles. The molecule has 170 valence electrons. The molecule has 1 unspecified atom stereocenters. The minimum absolute atomic E-state index is 0.0381. The van der Waals surface area contributed by atoms with Crippen molar-refractivity contribution in [3.8, 4) is 11.1 Å². The van der Waals surface area contributed by atoms with E-state index in [9.17, 15) is 28.2 Å². The second-order valence-electron chi connectivity index (χ2n) is 8.14. The Hall–Kier alpha value is -2.75. The van der Waals surface area contributed by atoms with Crippen molar-refractivity contribution < 1.29 is 23.4 Å². The number of aliphatic hydroxyl groups is 2. The van der Waals surface area contributed by atoms with Crippen molar-refractivity contribution in [3.63, 3.8) is 0 Å². The molecule has 1 aliphatic rings. The Morgan fingerprint density at radius 3 is 2.75 bits per heavy atom. The number of hydrogen-bond acceptors (Lipinski definition) is 5. The highest BCUT2D eigenvalue weighted by Crippen LogP contribution is 2.33. The van der Waals surface area contributed by atoms with Gasteiger partial charge in [-0.3, -0.25) is 9.36 Å². The number of hydrogen-bond donors (Lipinski definition) is 3. The third-order valence-electron chi connectivity index (χ3n) is 5.84. The summed E-state index contributed by atoms with van der Waals surface area (Å²) in [6.45, 7) is 0.718. The summed E-state index contributed by atoms with van der Waals surface area (Å²) >= 11 is 0. The summed E-state index contributed by atoms with van der Waals surface area (Å²) < 4.78 is 40.8. The zero-order valence-corrected chi connectivity index (χ0v) is 17.2. The third-order valence-corrected chi connectivity index (χ3v) is 5.84. The van der Waals surface area contributed by atoms with E-state index in [1.807, 2.05) is 0 Å². The maximum atomic E-state index is 13.2. The molecule has 32 heavy (non-hydrogen) atoms. The fourth-order valence-electron chi connectivity index (χ4n) is 4.21. The molecule has 0 saturated carbocycles. The minimum Gasteiger partial charge on any atom is -0.392 e. The van der Waals surface area contributed by atoms with Gasteiger partial charge in [-0.25, -0.2) is 4.98 Å². The molecule has 3 aromatic rings. The summed E-state index contributed by atoms with van der Waals surface area (Å²) in [5, 5.41) is 24.0. The molecule has 6 nitrogen and oxygen atoms in total. The van der Waals surface area contributed by atoms with Crippen molar-refractivity contribution in [1.82, 2.24) is 14.9 Å². The Balaban J connectivity index is 1.67. The Kier molecular flexibility index (Phi) is 6.32. The van der Waals surface area contributed by atoms with Crippen LogP contribution in [-0.2, 0) is 12.7 Å². The average Bonchev–Trinajstić information content (AvgIpc) is 2.76. The molecule has 1 aliphatic heterocycles. The van der Waals surface area contributed by atoms with Crippen LogP contribution in [0.2, 0.25) is 0 Å². The van der Waals surface area contributed by atoms with Crippen molar-refractivity contribution in [2.45, 2.75) is 50.2 Å². The first-order valence-electron chi connectivity index (χ1n) is 10.5. The first kappa shape index (κ1) is 22.4. The molecule has 3 N–H and O–H groups in total. The van der Waals surface area contributed by atoms with E-state index in [0.29, 0.717) is 17.5 Å². The number of rotatable bonds is 5. The van der Waals surface area contributed by atoms with E-state index < -0.39 is 29.5 Å². The number of piperidine rings is 1. The molecule has 9 heteroatoms. The number of nitrogens with one attached hydrogen (secondary N) is 1. The van der Waals surface area contributed by atoms with Crippen LogP contribution in [-0.4, -0.2) is 44.6 Å². The Morgan fingerprint density at radius 2 is 2.00 bits per heavy atom. The van der Waals surface area contributed by atoms with Gasteiger partial charge in [-0.1, -0.05) is 24.3 Å². The molecular formula is C23H24F3N3O3. The highest BCUT2D eigenvalue weighted by molar-refractivity contribution is 5.93. The van der Waals surface area contributed by atoms with E-state index in [1.165, 1.54) is 23.0 Å². The van der Waals surface area contributed by atoms with Crippen LogP contribution >= 0.6 is 0 Å². The SMILES string of the molecule is O=c1c2c(-c3cccc(C(F)(F)F)c3)cccc2ncn1CC(O)C[C@H]1NCCC[C@@H]1O. The number of halogens is 3. The van der Waals surface area contributed by atoms with Crippen LogP contribution in [0.4, 0.5) is 13.2 Å². The summed E-state index contributed by atoms with van der Waals surface area (Å²) in [7, 11) is 0. The Morgan fingerprint density at radius 1 is 1.22 bits per heavy atom. The largest absolute Gasteiger partial charge is 0.416 e. The predicted octanol–water partition coefficient (Wildman–Crippen LogP) is 2.95. The summed E-state index contributed by atoms with van der Waals surface area (Å²) in [5.74, 6) is 0. The van der Waals surface area contributed by atoms with Gasteiger partial charge in [0.25, 0.3) is 5.56 Å². The maximum absolute atomic E-state index is 13.2. The fourth-order valence-corrected chi connectivity index (χ4v) is 4.21. The zero-order valence-electron chi connectivity index (χ0n) is 17.2. The maximum Gasteiger partial charge on any atom is 0.416 e. The Bertz CT molecular complexity index is 1160. The lowest BCUT2D eigenvalue weighted by Crippen LogP contribution is -2.47. The van der Waals surface area contributed by atoms with Crippen molar-refractivity contribution >= 4 is 10.9 Å². The van der Waals surface area contributed by atoms with Crippen molar-refractivity contribution in [2.75, 3.05) is 6.54 Å². The molecule has 0 aliphatic carbocycles. The number of aromatic nitrogens is 2. The third kappa shape index (κ3) is 4.69. The van der Waals surface area contributed by atoms with Crippen LogP contribution in [0.5, 0.6) is 0 Å². The van der Waals surface area contributed by atoms with Crippen LogP contribution < -0.4 is 10.9 Å². The zero-order chi connectivity index (χ0) is 22.9. The first-order chi connectivity index (χ1) is 15.2. The monoisotopic (exact) mass is 447 g/mol. The number of benzene rings is 2. The van der Waals surface area contributed by atoms with Crippen LogP contribution in [0.15, 0.2) is 53.6 Å². The number of fused-ring (bicyclic) bond motifs is 1. The van der Waals surface area contributed by atoms with Crippen LogP contribution in [0.3, 0.4) is 0 Å². The molecule has 4 rings (SSSR count). The van der Waals surface area contributed by atoms with Crippen LogP contribution in [0.1, 0.15) is 24.8 Å². The second kappa shape index (κ2) is 9.01. The number of alkyl halides is 3. The highest BCUT2D eigenvalue weighted by Gasteiger charge is 2.30. The van der Waals surface area contributed by atoms with Gasteiger partial charge in [0.2, 0.25) is 0 Å².